The van der Waals surface area contributed by atoms with Crippen LogP contribution in [-0.4, -0.2) is 16.5 Å². The normalized spacial score (nSPS) is 9.67. The molecular weight excluding hydrogens is 204 g/mol. The number of rotatable bonds is 4. The first-order chi connectivity index (χ1) is 7.07. The van der Waals surface area contributed by atoms with Gasteiger partial charge in [0, 0.05) is 12.1 Å². The lowest BCUT2D eigenvalue weighted by atomic mass is 10.2. The van der Waals surface area contributed by atoms with Crippen LogP contribution in [0.3, 0.4) is 0 Å². The van der Waals surface area contributed by atoms with Crippen molar-refractivity contribution in [3.8, 4) is 5.75 Å². The molecule has 0 fully saturated rings. The van der Waals surface area contributed by atoms with E-state index in [1.165, 1.54) is 6.07 Å². The Hall–Kier alpha value is -2.18. The van der Waals surface area contributed by atoms with Crippen LogP contribution in [0.4, 0.5) is 11.4 Å². The van der Waals surface area contributed by atoms with Crippen molar-refractivity contribution in [2.24, 2.45) is 0 Å². The number of nitro benzene ring substituents is 2. The van der Waals surface area contributed by atoms with Crippen LogP contribution in [0.5, 0.6) is 5.75 Å². The van der Waals surface area contributed by atoms with E-state index in [1.54, 1.807) is 6.92 Å². The predicted octanol–water partition coefficient (Wildman–Crippen LogP) is 1.90. The van der Waals surface area contributed by atoms with Gasteiger partial charge in [-0.15, -0.1) is 0 Å². The molecule has 0 N–H and O–H groups in total. The van der Waals surface area contributed by atoms with Crippen molar-refractivity contribution in [1.29, 1.82) is 0 Å². The highest BCUT2D eigenvalue weighted by Gasteiger charge is 2.25. The Morgan fingerprint density at radius 1 is 1.20 bits per heavy atom. The molecule has 1 aromatic rings. The van der Waals surface area contributed by atoms with Crippen molar-refractivity contribution in [3.05, 3.63) is 38.4 Å². The van der Waals surface area contributed by atoms with Crippen LogP contribution < -0.4 is 4.74 Å². The molecule has 15 heavy (non-hydrogen) atoms. The maximum Gasteiger partial charge on any atom is 0.318 e. The largest absolute Gasteiger partial charge is 0.482 e. The minimum atomic E-state index is -0.710. The Balaban J connectivity index is 3.34. The first-order valence-electron chi connectivity index (χ1n) is 4.12. The molecule has 0 saturated heterocycles. The fourth-order valence-corrected chi connectivity index (χ4v) is 1.09. The number of hydrogen-bond acceptors (Lipinski definition) is 5. The number of benzene rings is 1. The Kier molecular flexibility index (Phi) is 3.17. The van der Waals surface area contributed by atoms with E-state index < -0.39 is 21.2 Å². The third-order valence-electron chi connectivity index (χ3n) is 1.66. The highest BCUT2D eigenvalue weighted by atomic mass is 16.6. The van der Waals surface area contributed by atoms with E-state index in [9.17, 15) is 20.2 Å². The molecule has 0 aliphatic rings. The second-order valence-electron chi connectivity index (χ2n) is 2.57. The number of nitrogens with zero attached hydrogens (tertiary/aromatic N) is 2. The Bertz CT molecular complexity index is 372. The zero-order chi connectivity index (χ0) is 11.4. The second-order valence-corrected chi connectivity index (χ2v) is 2.57. The van der Waals surface area contributed by atoms with Crippen LogP contribution in [0.15, 0.2) is 18.2 Å². The summed E-state index contributed by atoms with van der Waals surface area (Å²) in [7, 11) is 0. The molecule has 7 heteroatoms. The van der Waals surface area contributed by atoms with Gasteiger partial charge < -0.3 is 4.74 Å². The summed E-state index contributed by atoms with van der Waals surface area (Å²) in [5.74, 6) is -0.296. The van der Waals surface area contributed by atoms with Crippen molar-refractivity contribution >= 4 is 11.4 Å². The van der Waals surface area contributed by atoms with Gasteiger partial charge in [-0.2, -0.15) is 0 Å². The highest BCUT2D eigenvalue weighted by Crippen LogP contribution is 2.36. The lowest BCUT2D eigenvalue weighted by Gasteiger charge is -2.03. The van der Waals surface area contributed by atoms with Crippen molar-refractivity contribution in [1.82, 2.24) is 0 Å². The van der Waals surface area contributed by atoms with Gasteiger partial charge in [-0.3, -0.25) is 20.2 Å². The van der Waals surface area contributed by atoms with Gasteiger partial charge in [-0.25, -0.2) is 0 Å². The van der Waals surface area contributed by atoms with Crippen LogP contribution in [-0.2, 0) is 0 Å². The van der Waals surface area contributed by atoms with Crippen LogP contribution >= 0.6 is 0 Å². The molecule has 0 bridgehead atoms. The summed E-state index contributed by atoms with van der Waals surface area (Å²) in [6.45, 7) is 1.73. The molecule has 0 aliphatic carbocycles. The van der Waals surface area contributed by atoms with Crippen LogP contribution in [0, 0.1) is 20.2 Å². The van der Waals surface area contributed by atoms with Crippen molar-refractivity contribution < 1.29 is 14.6 Å². The standard InChI is InChI=1S/C8H8N2O5/c1-2-15-8-6(9(11)12)4-3-5-7(8)10(13)14/h3-5H,2H2,1H3. The predicted molar refractivity (Wildman–Crippen MR) is 50.9 cm³/mol. The SMILES string of the molecule is CCOc1c([N+](=O)[O-])cccc1[N+](=O)[O-]. The number of hydrogen-bond donors (Lipinski definition) is 0. The molecule has 0 atom stereocenters. The molecule has 0 aliphatic heterocycles. The number of ether oxygens (including phenoxy) is 1. The summed E-state index contributed by atoms with van der Waals surface area (Å²) in [5, 5.41) is 21.1. The summed E-state index contributed by atoms with van der Waals surface area (Å²) in [6.07, 6.45) is 0. The van der Waals surface area contributed by atoms with Gasteiger partial charge in [0.25, 0.3) is 5.75 Å². The van der Waals surface area contributed by atoms with Gasteiger partial charge >= 0.3 is 11.4 Å². The fraction of sp³-hybridized carbons (Fsp3) is 0.250. The summed E-state index contributed by atoms with van der Waals surface area (Å²) in [4.78, 5) is 19.7. The van der Waals surface area contributed by atoms with Gasteiger partial charge in [-0.05, 0) is 13.0 Å². The molecule has 0 amide bonds. The molecule has 1 aromatic carbocycles. The monoisotopic (exact) mass is 212 g/mol. The molecule has 80 valence electrons. The van der Waals surface area contributed by atoms with Crippen LogP contribution in [0.25, 0.3) is 0 Å². The first-order valence-corrected chi connectivity index (χ1v) is 4.12. The third-order valence-corrected chi connectivity index (χ3v) is 1.66. The number of nitro groups is 2. The molecule has 7 nitrogen and oxygen atoms in total. The summed E-state index contributed by atoms with van der Waals surface area (Å²) < 4.78 is 4.91. The van der Waals surface area contributed by atoms with E-state index in [2.05, 4.69) is 0 Å². The summed E-state index contributed by atoms with van der Waals surface area (Å²) >= 11 is 0. The van der Waals surface area contributed by atoms with Crippen molar-refractivity contribution in [2.75, 3.05) is 6.61 Å². The lowest BCUT2D eigenvalue weighted by Crippen LogP contribution is -2.01. The van der Waals surface area contributed by atoms with E-state index in [1.807, 2.05) is 0 Å². The van der Waals surface area contributed by atoms with E-state index in [4.69, 9.17) is 4.74 Å². The van der Waals surface area contributed by atoms with Gasteiger partial charge in [0.2, 0.25) is 0 Å². The molecule has 1 rings (SSSR count). The first kappa shape index (κ1) is 10.9. The highest BCUT2D eigenvalue weighted by molar-refractivity contribution is 5.59. The zero-order valence-corrected chi connectivity index (χ0v) is 7.87. The molecule has 0 saturated carbocycles. The Morgan fingerprint density at radius 2 is 1.67 bits per heavy atom. The van der Waals surface area contributed by atoms with Gasteiger partial charge in [0.15, 0.2) is 0 Å². The zero-order valence-electron chi connectivity index (χ0n) is 7.87. The summed E-state index contributed by atoms with van der Waals surface area (Å²) in [6, 6.07) is 3.58. The van der Waals surface area contributed by atoms with Crippen molar-refractivity contribution in [2.45, 2.75) is 6.92 Å². The summed E-state index contributed by atoms with van der Waals surface area (Å²) in [5.41, 5.74) is -0.794. The van der Waals surface area contributed by atoms with Crippen LogP contribution in [0.2, 0.25) is 0 Å². The van der Waals surface area contributed by atoms with E-state index in [-0.39, 0.29) is 12.4 Å². The smallest absolute Gasteiger partial charge is 0.318 e. The van der Waals surface area contributed by atoms with E-state index in [0.717, 1.165) is 12.1 Å². The van der Waals surface area contributed by atoms with Gasteiger partial charge in [0.1, 0.15) is 0 Å². The fourth-order valence-electron chi connectivity index (χ4n) is 1.09. The minimum Gasteiger partial charge on any atom is -0.482 e. The molecule has 0 spiro atoms. The molecule has 0 aromatic heterocycles. The maximum absolute atomic E-state index is 10.6. The topological polar surface area (TPSA) is 95.5 Å². The quantitative estimate of drug-likeness (QED) is 0.560. The average Bonchev–Trinajstić information content (AvgIpc) is 2.17. The van der Waals surface area contributed by atoms with Crippen molar-refractivity contribution in [3.63, 3.8) is 0 Å². The maximum atomic E-state index is 10.6. The third kappa shape index (κ3) is 2.19. The van der Waals surface area contributed by atoms with Gasteiger partial charge in [-0.1, -0.05) is 0 Å². The molecular formula is C8H8N2O5. The minimum absolute atomic E-state index is 0.131. The van der Waals surface area contributed by atoms with Crippen LogP contribution in [0.1, 0.15) is 6.92 Å². The number of para-hydroxylation sites is 1. The molecule has 0 radical (unpaired) electrons. The lowest BCUT2D eigenvalue weighted by molar-refractivity contribution is -0.396. The van der Waals surface area contributed by atoms with E-state index >= 15 is 0 Å². The van der Waals surface area contributed by atoms with Gasteiger partial charge in [0.05, 0.1) is 16.5 Å². The van der Waals surface area contributed by atoms with E-state index in [0.29, 0.717) is 0 Å². The Labute approximate surface area is 84.6 Å². The molecule has 0 heterocycles. The average molecular weight is 212 g/mol. The molecule has 0 unspecified atom stereocenters. The second kappa shape index (κ2) is 4.36. The Morgan fingerprint density at radius 3 is 2.00 bits per heavy atom.